The minimum atomic E-state index is -0.543. The molecule has 0 aliphatic carbocycles. The van der Waals surface area contributed by atoms with Crippen LogP contribution in [0.2, 0.25) is 0 Å². The van der Waals surface area contributed by atoms with Gasteiger partial charge in [-0.1, -0.05) is 0 Å². The molecule has 2 aromatic heterocycles. The van der Waals surface area contributed by atoms with Crippen LogP contribution in [0.1, 0.15) is 39.3 Å². The summed E-state index contributed by atoms with van der Waals surface area (Å²) in [4.78, 5) is 48.8. The molecule has 0 aromatic carbocycles. The Kier molecular flexibility index (Phi) is 6.52. The Morgan fingerprint density at radius 2 is 1.91 bits per heavy atom. The lowest BCUT2D eigenvalue weighted by Gasteiger charge is -2.39. The minimum Gasteiger partial charge on any atom is -0.444 e. The topological polar surface area (TPSA) is 87.5 Å². The van der Waals surface area contributed by atoms with Crippen LogP contribution < -0.4 is 5.56 Å². The van der Waals surface area contributed by atoms with Gasteiger partial charge in [0.1, 0.15) is 5.60 Å². The maximum absolute atomic E-state index is 13.1. The van der Waals surface area contributed by atoms with Crippen LogP contribution in [0, 0.1) is 5.92 Å². The molecule has 174 valence electrons. The predicted molar refractivity (Wildman–Crippen MR) is 122 cm³/mol. The third kappa shape index (κ3) is 5.29. The van der Waals surface area contributed by atoms with Crippen molar-refractivity contribution in [3.63, 3.8) is 0 Å². The van der Waals surface area contributed by atoms with E-state index >= 15 is 0 Å². The molecule has 2 aliphatic rings. The maximum Gasteiger partial charge on any atom is 0.410 e. The third-order valence-corrected chi connectivity index (χ3v) is 6.60. The zero-order valence-corrected chi connectivity index (χ0v) is 19.8. The summed E-state index contributed by atoms with van der Waals surface area (Å²) in [6.45, 7) is 9.95. The summed E-state index contributed by atoms with van der Waals surface area (Å²) >= 11 is 1.45. The monoisotopic (exact) mass is 461 g/mol. The highest BCUT2D eigenvalue weighted by atomic mass is 32.1. The summed E-state index contributed by atoms with van der Waals surface area (Å²) in [6.07, 6.45) is 3.00. The first-order chi connectivity index (χ1) is 15.2. The molecule has 0 N–H and O–H groups in total. The number of aromatic nitrogens is 2. The van der Waals surface area contributed by atoms with Gasteiger partial charge in [-0.15, -0.1) is 11.3 Å². The van der Waals surface area contributed by atoms with Crippen molar-refractivity contribution in [3.8, 4) is 0 Å². The number of likely N-dealkylation sites (tertiary alicyclic amines) is 1. The van der Waals surface area contributed by atoms with Crippen molar-refractivity contribution < 1.29 is 14.3 Å². The van der Waals surface area contributed by atoms with Gasteiger partial charge in [0.15, 0.2) is 4.96 Å². The van der Waals surface area contributed by atoms with Gasteiger partial charge in [0.2, 0.25) is 5.91 Å². The number of piperidine rings is 1. The standard InChI is InChI=1S/C22H31N5O4S/c1-22(2,3)31-21(30)26-6-4-5-16(14-26)19(29)25-9-7-24(8-10-25)15-17-13-18(28)27-11-12-32-20(27)23-17/h11-13,16H,4-10,14-15H2,1-3H3/t16-/m1/s1. The van der Waals surface area contributed by atoms with Crippen molar-refractivity contribution in [2.75, 3.05) is 39.3 Å². The van der Waals surface area contributed by atoms with Crippen molar-refractivity contribution >= 4 is 28.3 Å². The summed E-state index contributed by atoms with van der Waals surface area (Å²) in [5.74, 6) is -0.0555. The van der Waals surface area contributed by atoms with Gasteiger partial charge in [-0.3, -0.25) is 18.9 Å². The van der Waals surface area contributed by atoms with Crippen LogP contribution in [0.3, 0.4) is 0 Å². The molecule has 2 saturated heterocycles. The van der Waals surface area contributed by atoms with E-state index in [4.69, 9.17) is 4.74 Å². The predicted octanol–water partition coefficient (Wildman–Crippen LogP) is 2.05. The highest BCUT2D eigenvalue weighted by molar-refractivity contribution is 7.15. The van der Waals surface area contributed by atoms with Gasteiger partial charge in [0.05, 0.1) is 11.6 Å². The zero-order chi connectivity index (χ0) is 22.9. The Labute approximate surface area is 191 Å². The normalized spacial score (nSPS) is 20.5. The van der Waals surface area contributed by atoms with Crippen molar-refractivity contribution in [1.82, 2.24) is 24.1 Å². The quantitative estimate of drug-likeness (QED) is 0.695. The Morgan fingerprint density at radius 1 is 1.16 bits per heavy atom. The molecule has 2 aromatic rings. The van der Waals surface area contributed by atoms with Crippen LogP contribution in [0.5, 0.6) is 0 Å². The Hall–Kier alpha value is -2.46. The molecule has 9 nitrogen and oxygen atoms in total. The Bertz CT molecular complexity index is 1030. The summed E-state index contributed by atoms with van der Waals surface area (Å²) < 4.78 is 7.03. The molecule has 0 saturated carbocycles. The number of carbonyl (C=O) groups excluding carboxylic acids is 2. The van der Waals surface area contributed by atoms with E-state index in [1.807, 2.05) is 31.1 Å². The van der Waals surface area contributed by atoms with Crippen molar-refractivity contribution in [1.29, 1.82) is 0 Å². The van der Waals surface area contributed by atoms with Gasteiger partial charge in [0, 0.05) is 63.5 Å². The Balaban J connectivity index is 1.30. The number of fused-ring (bicyclic) bond motifs is 1. The summed E-state index contributed by atoms with van der Waals surface area (Å²) in [5, 5.41) is 1.85. The molecule has 32 heavy (non-hydrogen) atoms. The fourth-order valence-corrected chi connectivity index (χ4v) is 4.99. The van der Waals surface area contributed by atoms with Crippen LogP contribution in [-0.2, 0) is 16.1 Å². The van der Waals surface area contributed by atoms with E-state index in [0.29, 0.717) is 37.7 Å². The van der Waals surface area contributed by atoms with Crippen molar-refractivity contribution in [2.45, 2.75) is 45.8 Å². The molecule has 2 aliphatic heterocycles. The molecular formula is C22H31N5O4S. The number of ether oxygens (including phenoxy) is 1. The molecule has 10 heteroatoms. The van der Waals surface area contributed by atoms with Gasteiger partial charge in [-0.25, -0.2) is 9.78 Å². The number of carbonyl (C=O) groups is 2. The fraction of sp³-hybridized carbons (Fsp3) is 0.636. The van der Waals surface area contributed by atoms with Crippen molar-refractivity contribution in [2.24, 2.45) is 5.92 Å². The molecule has 4 heterocycles. The molecule has 2 fully saturated rings. The van der Waals surface area contributed by atoms with Gasteiger partial charge in [-0.2, -0.15) is 0 Å². The fourth-order valence-electron chi connectivity index (χ4n) is 4.25. The van der Waals surface area contributed by atoms with Crippen LogP contribution in [0.4, 0.5) is 4.79 Å². The van der Waals surface area contributed by atoms with E-state index in [1.54, 1.807) is 21.6 Å². The molecule has 0 unspecified atom stereocenters. The molecular weight excluding hydrogens is 430 g/mol. The molecule has 0 bridgehead atoms. The van der Waals surface area contributed by atoms with Gasteiger partial charge >= 0.3 is 6.09 Å². The van der Waals surface area contributed by atoms with Crippen LogP contribution >= 0.6 is 11.3 Å². The second-order valence-corrected chi connectivity index (χ2v) is 10.4. The Morgan fingerprint density at radius 3 is 2.62 bits per heavy atom. The van der Waals surface area contributed by atoms with E-state index in [9.17, 15) is 14.4 Å². The largest absolute Gasteiger partial charge is 0.444 e. The number of rotatable bonds is 3. The van der Waals surface area contributed by atoms with Crippen molar-refractivity contribution in [3.05, 3.63) is 33.7 Å². The lowest BCUT2D eigenvalue weighted by molar-refractivity contribution is -0.139. The number of thiazole rings is 1. The summed E-state index contributed by atoms with van der Waals surface area (Å²) in [5.41, 5.74) is 0.156. The summed E-state index contributed by atoms with van der Waals surface area (Å²) in [7, 11) is 0. The molecule has 1 atom stereocenters. The number of piperazine rings is 1. The van der Waals surface area contributed by atoms with E-state index in [0.717, 1.165) is 31.6 Å². The number of nitrogens with zero attached hydrogens (tertiary/aromatic N) is 5. The zero-order valence-electron chi connectivity index (χ0n) is 19.0. The average Bonchev–Trinajstić information content (AvgIpc) is 3.22. The highest BCUT2D eigenvalue weighted by Crippen LogP contribution is 2.22. The van der Waals surface area contributed by atoms with Crippen LogP contribution in [-0.4, -0.2) is 81.0 Å². The van der Waals surface area contributed by atoms with E-state index in [2.05, 4.69) is 9.88 Å². The highest BCUT2D eigenvalue weighted by Gasteiger charge is 2.34. The molecule has 4 rings (SSSR count). The van der Waals surface area contributed by atoms with Gasteiger partial charge in [0.25, 0.3) is 5.56 Å². The lowest BCUT2D eigenvalue weighted by Crippen LogP contribution is -2.53. The van der Waals surface area contributed by atoms with E-state index < -0.39 is 5.60 Å². The van der Waals surface area contributed by atoms with Gasteiger partial charge in [-0.05, 0) is 33.6 Å². The summed E-state index contributed by atoms with van der Waals surface area (Å²) in [6, 6.07) is 1.59. The van der Waals surface area contributed by atoms with E-state index in [1.165, 1.54) is 11.3 Å². The first kappa shape index (κ1) is 22.7. The smallest absolute Gasteiger partial charge is 0.410 e. The molecule has 0 radical (unpaired) electrons. The number of hydrogen-bond acceptors (Lipinski definition) is 7. The van der Waals surface area contributed by atoms with Crippen LogP contribution in [0.25, 0.3) is 4.96 Å². The number of amides is 2. The molecule has 0 spiro atoms. The lowest BCUT2D eigenvalue weighted by atomic mass is 9.96. The minimum absolute atomic E-state index is 0.0631. The average molecular weight is 462 g/mol. The van der Waals surface area contributed by atoms with E-state index in [-0.39, 0.29) is 23.5 Å². The first-order valence-corrected chi connectivity index (χ1v) is 12.0. The first-order valence-electron chi connectivity index (χ1n) is 11.1. The maximum atomic E-state index is 13.1. The van der Waals surface area contributed by atoms with Gasteiger partial charge < -0.3 is 14.5 Å². The second-order valence-electron chi connectivity index (χ2n) is 9.51. The van der Waals surface area contributed by atoms with Crippen LogP contribution in [0.15, 0.2) is 22.4 Å². The second kappa shape index (κ2) is 9.19. The molecule has 2 amide bonds. The third-order valence-electron chi connectivity index (χ3n) is 5.85. The SMILES string of the molecule is CC(C)(C)OC(=O)N1CCC[C@@H](C(=O)N2CCN(Cc3cc(=O)n4ccsc4n3)CC2)C1. The number of hydrogen-bond donors (Lipinski definition) is 0.